The SMILES string of the molecule is COc1cc(NC(=O)CSc2nnc(-c3ccc(C)cc3)n2-c2ccc(Cl)cc2)cc(OC)c1. The normalized spacial score (nSPS) is 10.7. The van der Waals surface area contributed by atoms with Crippen LogP contribution in [0, 0.1) is 6.92 Å². The number of rotatable bonds is 8. The van der Waals surface area contributed by atoms with Gasteiger partial charge in [0.25, 0.3) is 0 Å². The first-order valence-corrected chi connectivity index (χ1v) is 11.8. The van der Waals surface area contributed by atoms with E-state index in [0.29, 0.717) is 33.2 Å². The number of carbonyl (C=O) groups is 1. The van der Waals surface area contributed by atoms with Crippen molar-refractivity contribution in [2.45, 2.75) is 12.1 Å². The Morgan fingerprint density at radius 3 is 2.24 bits per heavy atom. The maximum Gasteiger partial charge on any atom is 0.234 e. The number of halogens is 1. The Morgan fingerprint density at radius 1 is 0.971 bits per heavy atom. The molecule has 0 aliphatic rings. The van der Waals surface area contributed by atoms with Crippen LogP contribution in [-0.4, -0.2) is 40.6 Å². The zero-order valence-corrected chi connectivity index (χ0v) is 20.5. The number of amides is 1. The van der Waals surface area contributed by atoms with E-state index in [9.17, 15) is 4.79 Å². The molecule has 1 amide bonds. The van der Waals surface area contributed by atoms with Crippen molar-refractivity contribution in [1.82, 2.24) is 14.8 Å². The second-order valence-corrected chi connectivity index (χ2v) is 8.80. The number of nitrogens with one attached hydrogen (secondary N) is 1. The van der Waals surface area contributed by atoms with Crippen molar-refractivity contribution in [3.63, 3.8) is 0 Å². The van der Waals surface area contributed by atoms with Crippen LogP contribution in [0.1, 0.15) is 5.56 Å². The lowest BCUT2D eigenvalue weighted by Gasteiger charge is -2.12. The van der Waals surface area contributed by atoms with Gasteiger partial charge >= 0.3 is 0 Å². The highest BCUT2D eigenvalue weighted by atomic mass is 35.5. The molecule has 7 nitrogen and oxygen atoms in total. The van der Waals surface area contributed by atoms with E-state index >= 15 is 0 Å². The minimum Gasteiger partial charge on any atom is -0.497 e. The van der Waals surface area contributed by atoms with Crippen LogP contribution in [0.15, 0.2) is 71.9 Å². The first-order valence-electron chi connectivity index (χ1n) is 10.4. The molecule has 0 saturated carbocycles. The monoisotopic (exact) mass is 494 g/mol. The Balaban J connectivity index is 1.58. The second kappa shape index (κ2) is 10.6. The topological polar surface area (TPSA) is 78.3 Å². The van der Waals surface area contributed by atoms with Gasteiger partial charge in [0.2, 0.25) is 5.91 Å². The van der Waals surface area contributed by atoms with Gasteiger partial charge in [0.15, 0.2) is 11.0 Å². The highest BCUT2D eigenvalue weighted by Gasteiger charge is 2.18. The van der Waals surface area contributed by atoms with E-state index in [4.69, 9.17) is 21.1 Å². The van der Waals surface area contributed by atoms with Gasteiger partial charge in [-0.3, -0.25) is 9.36 Å². The fraction of sp³-hybridized carbons (Fsp3) is 0.160. The minimum absolute atomic E-state index is 0.138. The molecule has 3 aromatic carbocycles. The van der Waals surface area contributed by atoms with Gasteiger partial charge in [-0.05, 0) is 31.2 Å². The number of carbonyl (C=O) groups excluding carboxylic acids is 1. The number of thioether (sulfide) groups is 1. The summed E-state index contributed by atoms with van der Waals surface area (Å²) in [5.74, 6) is 1.81. The molecule has 1 heterocycles. The predicted octanol–water partition coefficient (Wildman–Crippen LogP) is 5.64. The third-order valence-electron chi connectivity index (χ3n) is 5.00. The summed E-state index contributed by atoms with van der Waals surface area (Å²) in [6.07, 6.45) is 0. The summed E-state index contributed by atoms with van der Waals surface area (Å²) in [6, 6.07) is 20.7. The number of anilines is 1. The van der Waals surface area contributed by atoms with E-state index in [-0.39, 0.29) is 11.7 Å². The molecule has 34 heavy (non-hydrogen) atoms. The van der Waals surface area contributed by atoms with E-state index in [0.717, 1.165) is 16.8 Å². The first-order chi connectivity index (χ1) is 16.5. The van der Waals surface area contributed by atoms with Gasteiger partial charge in [-0.2, -0.15) is 0 Å². The molecule has 0 saturated heterocycles. The Labute approximate surface area is 207 Å². The number of hydrogen-bond donors (Lipinski definition) is 1. The molecule has 0 aliphatic carbocycles. The van der Waals surface area contributed by atoms with E-state index in [1.54, 1.807) is 32.4 Å². The van der Waals surface area contributed by atoms with Crippen molar-refractivity contribution >= 4 is 35.0 Å². The molecular formula is C25H23ClN4O3S. The first kappa shape index (κ1) is 23.7. The van der Waals surface area contributed by atoms with Crippen LogP contribution in [0.4, 0.5) is 5.69 Å². The summed E-state index contributed by atoms with van der Waals surface area (Å²) in [7, 11) is 3.12. The summed E-state index contributed by atoms with van der Waals surface area (Å²) in [4.78, 5) is 12.7. The number of aryl methyl sites for hydroxylation is 1. The quantitative estimate of drug-likeness (QED) is 0.319. The summed E-state index contributed by atoms with van der Waals surface area (Å²) in [6.45, 7) is 2.03. The zero-order chi connectivity index (χ0) is 24.1. The molecule has 1 aromatic heterocycles. The van der Waals surface area contributed by atoms with Crippen molar-refractivity contribution in [3.8, 4) is 28.6 Å². The lowest BCUT2D eigenvalue weighted by atomic mass is 10.1. The largest absolute Gasteiger partial charge is 0.497 e. The average molecular weight is 495 g/mol. The van der Waals surface area contributed by atoms with Crippen LogP contribution in [0.25, 0.3) is 17.1 Å². The zero-order valence-electron chi connectivity index (χ0n) is 18.9. The second-order valence-electron chi connectivity index (χ2n) is 7.42. The molecule has 0 aliphatic heterocycles. The van der Waals surface area contributed by atoms with Gasteiger partial charge in [-0.1, -0.05) is 53.2 Å². The molecule has 0 fully saturated rings. The maximum absolute atomic E-state index is 12.7. The number of hydrogen-bond acceptors (Lipinski definition) is 6. The standard InChI is InChI=1S/C25H23ClN4O3S/c1-16-4-6-17(7-5-16)24-28-29-25(30(24)20-10-8-18(26)9-11-20)34-15-23(31)27-19-12-21(32-2)14-22(13-19)33-3/h4-14H,15H2,1-3H3,(H,27,31). The van der Waals surface area contributed by atoms with Gasteiger partial charge in [-0.15, -0.1) is 10.2 Å². The lowest BCUT2D eigenvalue weighted by molar-refractivity contribution is -0.113. The van der Waals surface area contributed by atoms with E-state index < -0.39 is 0 Å². The summed E-state index contributed by atoms with van der Waals surface area (Å²) >= 11 is 7.39. The highest BCUT2D eigenvalue weighted by Crippen LogP contribution is 2.30. The number of methoxy groups -OCH3 is 2. The van der Waals surface area contributed by atoms with Gasteiger partial charge in [0.1, 0.15) is 11.5 Å². The van der Waals surface area contributed by atoms with Crippen LogP contribution >= 0.6 is 23.4 Å². The Morgan fingerprint density at radius 2 is 1.62 bits per heavy atom. The molecule has 0 bridgehead atoms. The van der Waals surface area contributed by atoms with Crippen molar-refractivity contribution in [1.29, 1.82) is 0 Å². The fourth-order valence-corrected chi connectivity index (χ4v) is 4.16. The summed E-state index contributed by atoms with van der Waals surface area (Å²) < 4.78 is 12.5. The van der Waals surface area contributed by atoms with Gasteiger partial charge in [0, 0.05) is 40.2 Å². The molecule has 4 rings (SSSR count). The predicted molar refractivity (Wildman–Crippen MR) is 135 cm³/mol. The lowest BCUT2D eigenvalue weighted by Crippen LogP contribution is -2.14. The minimum atomic E-state index is -0.192. The van der Waals surface area contributed by atoms with Gasteiger partial charge in [0.05, 0.1) is 20.0 Å². The molecule has 0 unspecified atom stereocenters. The van der Waals surface area contributed by atoms with Gasteiger partial charge < -0.3 is 14.8 Å². The molecule has 1 N–H and O–H groups in total. The van der Waals surface area contributed by atoms with E-state index in [2.05, 4.69) is 15.5 Å². The third kappa shape index (κ3) is 5.52. The van der Waals surface area contributed by atoms with Crippen molar-refractivity contribution in [3.05, 3.63) is 77.3 Å². The average Bonchev–Trinajstić information content (AvgIpc) is 3.27. The summed E-state index contributed by atoms with van der Waals surface area (Å²) in [5.41, 5.74) is 3.52. The molecule has 0 spiro atoms. The van der Waals surface area contributed by atoms with Crippen molar-refractivity contribution in [2.75, 3.05) is 25.3 Å². The number of aromatic nitrogens is 3. The number of benzene rings is 3. The van der Waals surface area contributed by atoms with Crippen molar-refractivity contribution < 1.29 is 14.3 Å². The molecule has 0 atom stereocenters. The Kier molecular flexibility index (Phi) is 7.40. The van der Waals surface area contributed by atoms with Gasteiger partial charge in [-0.25, -0.2) is 0 Å². The molecule has 4 aromatic rings. The summed E-state index contributed by atoms with van der Waals surface area (Å²) in [5, 5.41) is 12.9. The fourth-order valence-electron chi connectivity index (χ4n) is 3.28. The molecular weight excluding hydrogens is 472 g/mol. The number of nitrogens with zero attached hydrogens (tertiary/aromatic N) is 3. The van der Waals surface area contributed by atoms with Crippen LogP contribution in [0.3, 0.4) is 0 Å². The smallest absolute Gasteiger partial charge is 0.234 e. The van der Waals surface area contributed by atoms with Crippen LogP contribution in [0.2, 0.25) is 5.02 Å². The van der Waals surface area contributed by atoms with Crippen LogP contribution in [0.5, 0.6) is 11.5 Å². The Bertz CT molecular complexity index is 1270. The number of ether oxygens (including phenoxy) is 2. The third-order valence-corrected chi connectivity index (χ3v) is 6.18. The van der Waals surface area contributed by atoms with Crippen molar-refractivity contribution in [2.24, 2.45) is 0 Å². The maximum atomic E-state index is 12.7. The molecule has 174 valence electrons. The molecule has 0 radical (unpaired) electrons. The molecule has 9 heteroatoms. The highest BCUT2D eigenvalue weighted by molar-refractivity contribution is 7.99. The van der Waals surface area contributed by atoms with E-state index in [1.165, 1.54) is 11.8 Å². The van der Waals surface area contributed by atoms with Crippen LogP contribution in [-0.2, 0) is 4.79 Å². The Hall–Kier alpha value is -3.49. The van der Waals surface area contributed by atoms with Crippen LogP contribution < -0.4 is 14.8 Å². The van der Waals surface area contributed by atoms with E-state index in [1.807, 2.05) is 60.0 Å².